The van der Waals surface area contributed by atoms with Crippen LogP contribution in [0, 0.1) is 0 Å². The van der Waals surface area contributed by atoms with Gasteiger partial charge in [0.15, 0.2) is 5.65 Å². The molecule has 6 nitrogen and oxygen atoms in total. The van der Waals surface area contributed by atoms with Gasteiger partial charge in [0.2, 0.25) is 0 Å². The molecule has 4 aromatic rings. The molecule has 0 unspecified atom stereocenters. The number of nitrogens with zero attached hydrogens (tertiary/aromatic N) is 5. The fraction of sp³-hybridized carbons (Fsp3) is 0.318. The Hall–Kier alpha value is -3.29. The maximum absolute atomic E-state index is 14.1. The van der Waals surface area contributed by atoms with Crippen molar-refractivity contribution in [3.63, 3.8) is 0 Å². The molecule has 1 saturated carbocycles. The highest BCUT2D eigenvalue weighted by molar-refractivity contribution is 5.87. The van der Waals surface area contributed by atoms with Crippen LogP contribution in [0.15, 0.2) is 42.7 Å². The van der Waals surface area contributed by atoms with Crippen LogP contribution in [0.25, 0.3) is 28.0 Å². The van der Waals surface area contributed by atoms with E-state index in [1.54, 1.807) is 22.7 Å². The number of aromatic nitrogens is 5. The Bertz CT molecular complexity index is 1210. The van der Waals surface area contributed by atoms with Crippen LogP contribution in [0.5, 0.6) is 5.75 Å². The molecule has 0 bridgehead atoms. The average Bonchev–Trinajstić information content (AvgIpc) is 3.37. The first-order valence-electron chi connectivity index (χ1n) is 9.98. The van der Waals surface area contributed by atoms with Crippen molar-refractivity contribution in [2.45, 2.75) is 38.7 Å². The molecule has 0 spiro atoms. The minimum Gasteiger partial charge on any atom is -0.497 e. The molecular weight excluding hydrogens is 388 g/mol. The largest absolute Gasteiger partial charge is 0.497 e. The van der Waals surface area contributed by atoms with Crippen LogP contribution in [-0.4, -0.2) is 31.7 Å². The van der Waals surface area contributed by atoms with Gasteiger partial charge in [0.25, 0.3) is 6.43 Å². The summed E-state index contributed by atoms with van der Waals surface area (Å²) in [4.78, 5) is 4.77. The van der Waals surface area contributed by atoms with Gasteiger partial charge in [-0.3, -0.25) is 4.68 Å². The lowest BCUT2D eigenvalue weighted by atomic mass is 10.1. The molecule has 0 N–H and O–H groups in total. The number of hydrogen-bond donors (Lipinski definition) is 0. The number of alkyl halides is 2. The summed E-state index contributed by atoms with van der Waals surface area (Å²) in [5.41, 5.74) is 3.05. The first-order valence-corrected chi connectivity index (χ1v) is 9.98. The van der Waals surface area contributed by atoms with Crippen LogP contribution < -0.4 is 4.74 Å². The van der Waals surface area contributed by atoms with Gasteiger partial charge >= 0.3 is 0 Å². The van der Waals surface area contributed by atoms with Gasteiger partial charge in [-0.1, -0.05) is 0 Å². The molecule has 0 aliphatic heterocycles. The van der Waals surface area contributed by atoms with Gasteiger partial charge in [-0.05, 0) is 50.1 Å². The Morgan fingerprint density at radius 3 is 2.57 bits per heavy atom. The monoisotopic (exact) mass is 409 g/mol. The molecule has 30 heavy (non-hydrogen) atoms. The normalized spacial score (nSPS) is 14.0. The Kier molecular flexibility index (Phi) is 4.49. The van der Waals surface area contributed by atoms with Gasteiger partial charge in [0.05, 0.1) is 35.8 Å². The van der Waals surface area contributed by atoms with Gasteiger partial charge < -0.3 is 4.74 Å². The first-order chi connectivity index (χ1) is 14.6. The highest BCUT2D eigenvalue weighted by Gasteiger charge is 2.33. The van der Waals surface area contributed by atoms with E-state index in [0.29, 0.717) is 40.3 Å². The topological polar surface area (TPSA) is 57.8 Å². The summed E-state index contributed by atoms with van der Waals surface area (Å²) in [7, 11) is 1.60. The quantitative estimate of drug-likeness (QED) is 0.443. The van der Waals surface area contributed by atoms with Crippen molar-refractivity contribution in [1.29, 1.82) is 0 Å². The second-order valence-corrected chi connectivity index (χ2v) is 7.45. The molecule has 1 aromatic carbocycles. The van der Waals surface area contributed by atoms with Gasteiger partial charge in [0, 0.05) is 29.8 Å². The van der Waals surface area contributed by atoms with Gasteiger partial charge in [0.1, 0.15) is 5.75 Å². The molecule has 1 fully saturated rings. The summed E-state index contributed by atoms with van der Waals surface area (Å²) in [6, 6.07) is 8.84. The number of pyridine rings is 1. The lowest BCUT2D eigenvalue weighted by Crippen LogP contribution is -2.00. The van der Waals surface area contributed by atoms with Crippen molar-refractivity contribution >= 4 is 11.0 Å². The van der Waals surface area contributed by atoms with Crippen LogP contribution in [0.4, 0.5) is 8.78 Å². The summed E-state index contributed by atoms with van der Waals surface area (Å²) in [6.45, 7) is 2.66. The average molecular weight is 409 g/mol. The van der Waals surface area contributed by atoms with Crippen molar-refractivity contribution in [1.82, 2.24) is 24.5 Å². The molecule has 1 aliphatic carbocycles. The summed E-state index contributed by atoms with van der Waals surface area (Å²) in [5, 5.41) is 9.46. The lowest BCUT2D eigenvalue weighted by molar-refractivity contribution is 0.153. The number of benzene rings is 1. The van der Waals surface area contributed by atoms with Gasteiger partial charge in [-0.2, -0.15) is 10.2 Å². The minimum absolute atomic E-state index is 0.0269. The van der Waals surface area contributed by atoms with E-state index in [0.717, 1.165) is 18.5 Å². The molecule has 3 heterocycles. The van der Waals surface area contributed by atoms with Gasteiger partial charge in [-0.25, -0.2) is 18.4 Å². The summed E-state index contributed by atoms with van der Waals surface area (Å²) in [5.74, 6) is 0.923. The number of ether oxygens (including phenoxy) is 1. The van der Waals surface area contributed by atoms with Crippen LogP contribution in [-0.2, 0) is 6.54 Å². The Labute approximate surface area is 172 Å². The molecule has 154 valence electrons. The molecular formula is C22H21F2N5O. The maximum Gasteiger partial charge on any atom is 0.264 e. The van der Waals surface area contributed by atoms with E-state index in [4.69, 9.17) is 14.8 Å². The first kappa shape index (κ1) is 18.7. The third kappa shape index (κ3) is 3.12. The second-order valence-electron chi connectivity index (χ2n) is 7.45. The number of hydrogen-bond acceptors (Lipinski definition) is 4. The number of methoxy groups -OCH3 is 1. The van der Waals surface area contributed by atoms with E-state index in [1.807, 2.05) is 37.4 Å². The van der Waals surface area contributed by atoms with E-state index in [9.17, 15) is 8.78 Å². The van der Waals surface area contributed by atoms with Crippen molar-refractivity contribution < 1.29 is 13.5 Å². The second kappa shape index (κ2) is 7.19. The van der Waals surface area contributed by atoms with Crippen molar-refractivity contribution in [3.05, 3.63) is 54.0 Å². The third-order valence-electron chi connectivity index (χ3n) is 5.46. The Morgan fingerprint density at radius 2 is 1.97 bits per heavy atom. The van der Waals surface area contributed by atoms with Crippen molar-refractivity contribution in [2.75, 3.05) is 7.11 Å². The lowest BCUT2D eigenvalue weighted by Gasteiger charge is -2.08. The SMILES string of the molecule is CCn1cc(-c2cc(C(F)F)c3c(C4CC4)nn(-c4ccc(OC)cc4)c3n2)cn1. The van der Waals surface area contributed by atoms with Crippen LogP contribution in [0.1, 0.15) is 43.4 Å². The zero-order chi connectivity index (χ0) is 20.8. The molecule has 3 aromatic heterocycles. The molecule has 0 radical (unpaired) electrons. The molecule has 0 saturated heterocycles. The third-order valence-corrected chi connectivity index (χ3v) is 5.46. The molecule has 8 heteroatoms. The Morgan fingerprint density at radius 1 is 1.20 bits per heavy atom. The summed E-state index contributed by atoms with van der Waals surface area (Å²) < 4.78 is 36.9. The highest BCUT2D eigenvalue weighted by Crippen LogP contribution is 2.45. The number of fused-ring (bicyclic) bond motifs is 1. The zero-order valence-electron chi connectivity index (χ0n) is 16.7. The van der Waals surface area contributed by atoms with Crippen molar-refractivity contribution in [3.8, 4) is 22.7 Å². The standard InChI is InChI=1S/C22H21F2N5O/c1-3-28-12-14(11-25-28)18-10-17(21(23)24)19-20(13-4-5-13)27-29(22(19)26-18)15-6-8-16(30-2)9-7-15/h6-13,21H,3-5H2,1-2H3. The van der Waals surface area contributed by atoms with Crippen molar-refractivity contribution in [2.24, 2.45) is 0 Å². The minimum atomic E-state index is -2.62. The molecule has 1 aliphatic rings. The van der Waals surface area contributed by atoms with Crippen LogP contribution in [0.2, 0.25) is 0 Å². The maximum atomic E-state index is 14.1. The zero-order valence-corrected chi connectivity index (χ0v) is 16.7. The van der Waals surface area contributed by atoms with Crippen LogP contribution in [0.3, 0.4) is 0 Å². The van der Waals surface area contributed by atoms with Crippen LogP contribution >= 0.6 is 0 Å². The van der Waals surface area contributed by atoms with E-state index in [2.05, 4.69) is 5.10 Å². The van der Waals surface area contributed by atoms with E-state index in [1.165, 1.54) is 6.07 Å². The molecule has 0 atom stereocenters. The Balaban J connectivity index is 1.76. The van der Waals surface area contributed by atoms with E-state index in [-0.39, 0.29) is 11.5 Å². The fourth-order valence-corrected chi connectivity index (χ4v) is 3.71. The number of halogens is 2. The number of aryl methyl sites for hydroxylation is 1. The molecule has 0 amide bonds. The number of rotatable bonds is 6. The fourth-order valence-electron chi connectivity index (χ4n) is 3.71. The summed E-state index contributed by atoms with van der Waals surface area (Å²) in [6.07, 6.45) is 2.77. The highest BCUT2D eigenvalue weighted by atomic mass is 19.3. The van der Waals surface area contributed by atoms with Gasteiger partial charge in [-0.15, -0.1) is 0 Å². The predicted octanol–water partition coefficient (Wildman–Crippen LogP) is 5.13. The smallest absolute Gasteiger partial charge is 0.264 e. The van der Waals surface area contributed by atoms with E-state index >= 15 is 0 Å². The summed E-state index contributed by atoms with van der Waals surface area (Å²) >= 11 is 0. The molecule has 5 rings (SSSR count). The predicted molar refractivity (Wildman–Crippen MR) is 109 cm³/mol. The van der Waals surface area contributed by atoms with E-state index < -0.39 is 6.43 Å².